The van der Waals surface area contributed by atoms with Gasteiger partial charge in [-0.3, -0.25) is 4.68 Å². The minimum atomic E-state index is -3.80. The second kappa shape index (κ2) is 6.63. The van der Waals surface area contributed by atoms with E-state index in [4.69, 9.17) is 11.6 Å². The number of sulfone groups is 1. The van der Waals surface area contributed by atoms with Crippen molar-refractivity contribution < 1.29 is 16.8 Å². The molecule has 0 spiro atoms. The normalized spacial score (nSPS) is 19.2. The molecule has 0 bridgehead atoms. The van der Waals surface area contributed by atoms with E-state index in [2.05, 4.69) is 5.10 Å². The molecule has 7 nitrogen and oxygen atoms in total. The van der Waals surface area contributed by atoms with Crippen LogP contribution in [0.5, 0.6) is 0 Å². The molecule has 1 aliphatic heterocycles. The Morgan fingerprint density at radius 2 is 1.73 bits per heavy atom. The van der Waals surface area contributed by atoms with Gasteiger partial charge in [-0.15, -0.1) is 0 Å². The summed E-state index contributed by atoms with van der Waals surface area (Å²) >= 11 is 5.81. The minimum absolute atomic E-state index is 0.0684. The van der Waals surface area contributed by atoms with Crippen molar-refractivity contribution in [3.63, 3.8) is 0 Å². The number of aromatic nitrogens is 2. The first-order valence-electron chi connectivity index (χ1n) is 8.05. The topological polar surface area (TPSA) is 89.3 Å². The summed E-state index contributed by atoms with van der Waals surface area (Å²) in [6, 6.07) is 5.93. The molecule has 0 unspecified atom stereocenters. The molecule has 0 radical (unpaired) electrons. The van der Waals surface area contributed by atoms with E-state index in [1.807, 2.05) is 0 Å². The van der Waals surface area contributed by atoms with Crippen molar-refractivity contribution in [2.24, 2.45) is 7.05 Å². The molecule has 26 heavy (non-hydrogen) atoms. The Hall–Kier alpha value is -1.42. The number of halogens is 1. The molecule has 1 saturated heterocycles. The Kier molecular flexibility index (Phi) is 4.93. The lowest BCUT2D eigenvalue weighted by molar-refractivity contribution is 0.475. The molecule has 10 heteroatoms. The quantitative estimate of drug-likeness (QED) is 0.758. The third-order valence-electron chi connectivity index (χ3n) is 4.73. The molecule has 1 atom stereocenters. The minimum Gasteiger partial charge on any atom is -0.271 e. The number of aryl methyl sites for hydroxylation is 2. The predicted molar refractivity (Wildman–Crippen MR) is 98.5 cm³/mol. The van der Waals surface area contributed by atoms with Crippen molar-refractivity contribution in [1.82, 2.24) is 14.1 Å². The van der Waals surface area contributed by atoms with Crippen LogP contribution in [0, 0.1) is 13.8 Å². The highest BCUT2D eigenvalue weighted by Gasteiger charge is 2.41. The zero-order valence-electron chi connectivity index (χ0n) is 14.7. The Labute approximate surface area is 158 Å². The van der Waals surface area contributed by atoms with Gasteiger partial charge in [-0.05, 0) is 44.5 Å². The smallest absolute Gasteiger partial charge is 0.246 e. The number of rotatable bonds is 4. The Morgan fingerprint density at radius 1 is 1.12 bits per heavy atom. The van der Waals surface area contributed by atoms with E-state index in [1.54, 1.807) is 20.9 Å². The fourth-order valence-electron chi connectivity index (χ4n) is 3.24. The summed E-state index contributed by atoms with van der Waals surface area (Å²) in [5, 5.41) is 3.82. The monoisotopic (exact) mass is 417 g/mol. The van der Waals surface area contributed by atoms with Gasteiger partial charge in [0.15, 0.2) is 9.84 Å². The van der Waals surface area contributed by atoms with Gasteiger partial charge < -0.3 is 0 Å². The summed E-state index contributed by atoms with van der Waals surface area (Å²) in [5.74, 6) is 0. The zero-order valence-corrected chi connectivity index (χ0v) is 17.1. The number of sulfonamides is 1. The fourth-order valence-corrected chi connectivity index (χ4v) is 7.05. The van der Waals surface area contributed by atoms with Crippen molar-refractivity contribution >= 4 is 31.5 Å². The molecular weight excluding hydrogens is 398 g/mol. The third kappa shape index (κ3) is 3.17. The van der Waals surface area contributed by atoms with Crippen molar-refractivity contribution in [2.75, 3.05) is 13.1 Å². The van der Waals surface area contributed by atoms with Gasteiger partial charge in [0.05, 0.1) is 21.5 Å². The lowest BCUT2D eigenvalue weighted by Gasteiger charge is -2.17. The van der Waals surface area contributed by atoms with Crippen LogP contribution in [0.3, 0.4) is 0 Å². The number of nitrogens with zero attached hydrogens (tertiary/aromatic N) is 3. The summed E-state index contributed by atoms with van der Waals surface area (Å²) in [7, 11) is -5.75. The molecule has 1 fully saturated rings. The average Bonchev–Trinajstić information content (AvgIpc) is 3.14. The van der Waals surface area contributed by atoms with Gasteiger partial charge in [-0.25, -0.2) is 16.8 Å². The van der Waals surface area contributed by atoms with Crippen LogP contribution in [0.15, 0.2) is 34.1 Å². The Bertz CT molecular complexity index is 1040. The van der Waals surface area contributed by atoms with Crippen LogP contribution < -0.4 is 0 Å². The molecule has 0 amide bonds. The highest BCUT2D eigenvalue weighted by Crippen LogP contribution is 2.30. The van der Waals surface area contributed by atoms with Gasteiger partial charge >= 0.3 is 0 Å². The van der Waals surface area contributed by atoms with E-state index in [0.29, 0.717) is 16.4 Å². The van der Waals surface area contributed by atoms with E-state index in [9.17, 15) is 16.8 Å². The van der Waals surface area contributed by atoms with Crippen LogP contribution in [0.1, 0.15) is 17.8 Å². The summed E-state index contributed by atoms with van der Waals surface area (Å²) < 4.78 is 54.4. The van der Waals surface area contributed by atoms with Crippen molar-refractivity contribution in [3.05, 3.63) is 40.7 Å². The Balaban J connectivity index is 1.89. The molecule has 2 aromatic rings. The van der Waals surface area contributed by atoms with Crippen LogP contribution in [0.4, 0.5) is 0 Å². The maximum Gasteiger partial charge on any atom is 0.246 e. The summed E-state index contributed by atoms with van der Waals surface area (Å²) in [5.41, 5.74) is 0.945. The van der Waals surface area contributed by atoms with E-state index < -0.39 is 25.1 Å². The number of benzene rings is 1. The zero-order chi connectivity index (χ0) is 19.3. The number of hydrogen-bond acceptors (Lipinski definition) is 5. The molecular formula is C16H20ClN3O4S2. The van der Waals surface area contributed by atoms with Gasteiger partial charge in [-0.2, -0.15) is 9.40 Å². The van der Waals surface area contributed by atoms with Crippen molar-refractivity contribution in [3.8, 4) is 0 Å². The highest BCUT2D eigenvalue weighted by atomic mass is 35.5. The largest absolute Gasteiger partial charge is 0.271 e. The van der Waals surface area contributed by atoms with Crippen molar-refractivity contribution in [1.29, 1.82) is 0 Å². The van der Waals surface area contributed by atoms with Crippen LogP contribution in [-0.2, 0) is 26.9 Å². The third-order valence-corrected chi connectivity index (χ3v) is 9.29. The molecule has 0 aliphatic carbocycles. The first-order valence-corrected chi connectivity index (χ1v) is 11.4. The first-order chi connectivity index (χ1) is 12.0. The SMILES string of the molecule is Cc1nn(C)c(C)c1S(=O)(=O)N1CC[C@H](S(=O)(=O)c2ccc(Cl)cc2)C1. The molecule has 142 valence electrons. The fraction of sp³-hybridized carbons (Fsp3) is 0.438. The standard InChI is InChI=1S/C16H20ClN3O4S2/c1-11-16(12(2)19(3)18-11)26(23,24)20-9-8-15(10-20)25(21,22)14-6-4-13(17)5-7-14/h4-7,15H,8-10H2,1-3H3/t15-/m0/s1. The molecule has 2 heterocycles. The van der Waals surface area contributed by atoms with Gasteiger partial charge in [0.2, 0.25) is 10.0 Å². The first kappa shape index (κ1) is 19.3. The van der Waals surface area contributed by atoms with Gasteiger partial charge in [0, 0.05) is 25.2 Å². The molecule has 1 aromatic heterocycles. The predicted octanol–water partition coefficient (Wildman–Crippen LogP) is 1.93. The summed E-state index contributed by atoms with van der Waals surface area (Å²) in [6.07, 6.45) is 0.253. The van der Waals surface area contributed by atoms with Crippen molar-refractivity contribution in [2.45, 2.75) is 35.3 Å². The molecule has 3 rings (SSSR count). The summed E-state index contributed by atoms with van der Waals surface area (Å²) in [4.78, 5) is 0.310. The van der Waals surface area contributed by atoms with E-state index in [-0.39, 0.29) is 29.3 Å². The second-order valence-corrected chi connectivity index (χ2v) is 10.9. The van der Waals surface area contributed by atoms with Crippen LogP contribution in [-0.4, -0.2) is 49.3 Å². The van der Waals surface area contributed by atoms with E-state index in [1.165, 1.54) is 33.3 Å². The van der Waals surface area contributed by atoms with Gasteiger partial charge in [0.1, 0.15) is 4.90 Å². The summed E-state index contributed by atoms with van der Waals surface area (Å²) in [6.45, 7) is 3.41. The molecule has 1 aliphatic rings. The maximum absolute atomic E-state index is 13.0. The number of hydrogen-bond donors (Lipinski definition) is 0. The van der Waals surface area contributed by atoms with Crippen LogP contribution >= 0.6 is 11.6 Å². The van der Waals surface area contributed by atoms with Gasteiger partial charge in [0.25, 0.3) is 0 Å². The Morgan fingerprint density at radius 3 is 2.27 bits per heavy atom. The second-order valence-electron chi connectivity index (χ2n) is 6.40. The van der Waals surface area contributed by atoms with Gasteiger partial charge in [-0.1, -0.05) is 11.6 Å². The van der Waals surface area contributed by atoms with Crippen LogP contribution in [0.25, 0.3) is 0 Å². The molecule has 0 N–H and O–H groups in total. The maximum atomic E-state index is 13.0. The molecule has 1 aromatic carbocycles. The highest BCUT2D eigenvalue weighted by molar-refractivity contribution is 7.92. The lowest BCUT2D eigenvalue weighted by atomic mass is 10.4. The van der Waals surface area contributed by atoms with Crippen LogP contribution in [0.2, 0.25) is 5.02 Å². The lowest BCUT2D eigenvalue weighted by Crippen LogP contribution is -2.32. The van der Waals surface area contributed by atoms with E-state index >= 15 is 0 Å². The molecule has 0 saturated carbocycles. The average molecular weight is 418 g/mol. The van der Waals surface area contributed by atoms with E-state index in [0.717, 1.165) is 0 Å².